The Morgan fingerprint density at radius 1 is 1.24 bits per heavy atom. The van der Waals surface area contributed by atoms with Gasteiger partial charge in [-0.2, -0.15) is 4.39 Å². The van der Waals surface area contributed by atoms with E-state index >= 15 is 0 Å². The third-order valence-electron chi connectivity index (χ3n) is 3.82. The molecule has 0 saturated carbocycles. The fraction of sp³-hybridized carbons (Fsp3) is 0.350. The van der Waals surface area contributed by atoms with Crippen molar-refractivity contribution in [3.8, 4) is 11.1 Å². The summed E-state index contributed by atoms with van der Waals surface area (Å²) in [6, 6.07) is 10.7. The molecule has 2 N–H and O–H groups in total. The fourth-order valence-electron chi connectivity index (χ4n) is 2.49. The molecular formula is C20H25FN2O2. The molecule has 0 bridgehead atoms. The van der Waals surface area contributed by atoms with E-state index in [2.05, 4.69) is 18.8 Å². The van der Waals surface area contributed by atoms with Gasteiger partial charge in [-0.15, -0.1) is 0 Å². The number of benzene rings is 1. The molecule has 0 aliphatic heterocycles. The molecule has 0 amide bonds. The Kier molecular flexibility index (Phi) is 6.53. The lowest BCUT2D eigenvalue weighted by Gasteiger charge is -2.24. The number of halogens is 1. The van der Waals surface area contributed by atoms with Crippen molar-refractivity contribution in [2.24, 2.45) is 5.92 Å². The number of rotatable bonds is 7. The minimum atomic E-state index is -0.876. The van der Waals surface area contributed by atoms with Crippen molar-refractivity contribution in [1.29, 1.82) is 0 Å². The average Bonchev–Trinajstić information content (AvgIpc) is 2.60. The van der Waals surface area contributed by atoms with Crippen LogP contribution in [0.2, 0.25) is 0 Å². The van der Waals surface area contributed by atoms with E-state index in [-0.39, 0.29) is 5.76 Å². The zero-order valence-electron chi connectivity index (χ0n) is 14.9. The first-order valence-electron chi connectivity index (χ1n) is 8.48. The highest BCUT2D eigenvalue weighted by atomic mass is 19.1. The number of hydrogen-bond acceptors (Lipinski definition) is 4. The van der Waals surface area contributed by atoms with Gasteiger partial charge in [0.05, 0.1) is 0 Å². The standard InChI is InChI=1S/C20H25FN2O2/c1-4-18(24)19(25)13-23(12-14(2)3)17-7-5-6-15(10-17)16-8-9-20(21)22-11-16/h5-11,13-14,18,24-25H,4,12H2,1-3H3/b19-13+. The summed E-state index contributed by atoms with van der Waals surface area (Å²) in [6.07, 6.45) is 2.64. The molecule has 0 radical (unpaired) electrons. The second-order valence-corrected chi connectivity index (χ2v) is 6.44. The normalized spacial score (nSPS) is 13.1. The summed E-state index contributed by atoms with van der Waals surface area (Å²) in [5.41, 5.74) is 2.60. The zero-order chi connectivity index (χ0) is 18.4. The van der Waals surface area contributed by atoms with Gasteiger partial charge in [-0.05, 0) is 42.2 Å². The van der Waals surface area contributed by atoms with E-state index < -0.39 is 12.1 Å². The molecule has 0 aliphatic carbocycles. The molecule has 25 heavy (non-hydrogen) atoms. The van der Waals surface area contributed by atoms with Crippen LogP contribution in [0, 0.1) is 11.9 Å². The molecule has 5 heteroatoms. The molecule has 1 heterocycles. The molecule has 1 aromatic heterocycles. The van der Waals surface area contributed by atoms with Gasteiger partial charge >= 0.3 is 0 Å². The lowest BCUT2D eigenvalue weighted by Crippen LogP contribution is -2.24. The Balaban J connectivity index is 2.37. The third-order valence-corrected chi connectivity index (χ3v) is 3.82. The Morgan fingerprint density at radius 3 is 2.60 bits per heavy atom. The number of nitrogens with zero attached hydrogens (tertiary/aromatic N) is 2. The van der Waals surface area contributed by atoms with Gasteiger partial charge in [0.2, 0.25) is 5.95 Å². The number of aliphatic hydroxyl groups is 2. The molecule has 1 unspecified atom stereocenters. The van der Waals surface area contributed by atoms with Crippen LogP contribution in [-0.4, -0.2) is 27.8 Å². The van der Waals surface area contributed by atoms with E-state index in [1.54, 1.807) is 12.3 Å². The van der Waals surface area contributed by atoms with E-state index in [1.165, 1.54) is 12.3 Å². The van der Waals surface area contributed by atoms with Crippen LogP contribution in [0.15, 0.2) is 54.6 Å². The first-order chi connectivity index (χ1) is 11.9. The Bertz CT molecular complexity index is 714. The maximum Gasteiger partial charge on any atom is 0.212 e. The van der Waals surface area contributed by atoms with Gasteiger partial charge in [-0.25, -0.2) is 4.98 Å². The van der Waals surface area contributed by atoms with Gasteiger partial charge in [0, 0.05) is 30.2 Å². The van der Waals surface area contributed by atoms with Crippen LogP contribution in [0.1, 0.15) is 27.2 Å². The molecular weight excluding hydrogens is 319 g/mol. The van der Waals surface area contributed by atoms with Gasteiger partial charge in [0.1, 0.15) is 11.9 Å². The summed E-state index contributed by atoms with van der Waals surface area (Å²) in [4.78, 5) is 5.61. The summed E-state index contributed by atoms with van der Waals surface area (Å²) < 4.78 is 13.0. The van der Waals surface area contributed by atoms with E-state index in [9.17, 15) is 14.6 Å². The van der Waals surface area contributed by atoms with Crippen molar-refractivity contribution in [3.05, 3.63) is 60.5 Å². The monoisotopic (exact) mass is 344 g/mol. The van der Waals surface area contributed by atoms with E-state index in [0.717, 1.165) is 16.8 Å². The van der Waals surface area contributed by atoms with Crippen LogP contribution in [0.4, 0.5) is 10.1 Å². The molecule has 2 aromatic rings. The Morgan fingerprint density at radius 2 is 2.00 bits per heavy atom. The molecule has 1 aromatic carbocycles. The minimum Gasteiger partial charge on any atom is -0.508 e. The quantitative estimate of drug-likeness (QED) is 0.573. The largest absolute Gasteiger partial charge is 0.508 e. The highest BCUT2D eigenvalue weighted by molar-refractivity contribution is 5.68. The van der Waals surface area contributed by atoms with Gasteiger partial charge < -0.3 is 15.1 Å². The van der Waals surface area contributed by atoms with Crippen molar-refractivity contribution in [3.63, 3.8) is 0 Å². The fourth-order valence-corrected chi connectivity index (χ4v) is 2.49. The maximum atomic E-state index is 13.0. The highest BCUT2D eigenvalue weighted by Gasteiger charge is 2.13. The number of anilines is 1. The number of aliphatic hydroxyl groups excluding tert-OH is 2. The second kappa shape index (κ2) is 8.62. The summed E-state index contributed by atoms with van der Waals surface area (Å²) in [5.74, 6) is -0.210. The van der Waals surface area contributed by atoms with Crippen LogP contribution >= 0.6 is 0 Å². The maximum absolute atomic E-state index is 13.0. The highest BCUT2D eigenvalue weighted by Crippen LogP contribution is 2.26. The first kappa shape index (κ1) is 18.9. The summed E-state index contributed by atoms with van der Waals surface area (Å²) in [7, 11) is 0. The van der Waals surface area contributed by atoms with Crippen LogP contribution in [0.25, 0.3) is 11.1 Å². The van der Waals surface area contributed by atoms with Gasteiger partial charge in [-0.3, -0.25) is 0 Å². The average molecular weight is 344 g/mol. The lowest BCUT2D eigenvalue weighted by molar-refractivity contribution is 0.148. The van der Waals surface area contributed by atoms with Crippen molar-refractivity contribution in [1.82, 2.24) is 4.98 Å². The first-order valence-corrected chi connectivity index (χ1v) is 8.48. The molecule has 134 valence electrons. The summed E-state index contributed by atoms with van der Waals surface area (Å²) >= 11 is 0. The summed E-state index contributed by atoms with van der Waals surface area (Å²) in [5, 5.41) is 19.9. The topological polar surface area (TPSA) is 56.6 Å². The molecule has 0 aliphatic rings. The Hall–Kier alpha value is -2.40. The smallest absolute Gasteiger partial charge is 0.212 e. The summed E-state index contributed by atoms with van der Waals surface area (Å²) in [6.45, 7) is 6.67. The predicted molar refractivity (Wildman–Crippen MR) is 98.8 cm³/mol. The van der Waals surface area contributed by atoms with Crippen molar-refractivity contribution < 1.29 is 14.6 Å². The predicted octanol–water partition coefficient (Wildman–Crippen LogP) is 4.52. The van der Waals surface area contributed by atoms with Gasteiger partial charge in [0.15, 0.2) is 0 Å². The molecule has 0 fully saturated rings. The number of pyridine rings is 1. The van der Waals surface area contributed by atoms with Crippen LogP contribution in [0.3, 0.4) is 0 Å². The van der Waals surface area contributed by atoms with Crippen molar-refractivity contribution >= 4 is 5.69 Å². The van der Waals surface area contributed by atoms with Crippen LogP contribution in [-0.2, 0) is 0 Å². The van der Waals surface area contributed by atoms with E-state index in [4.69, 9.17) is 0 Å². The SMILES string of the molecule is CCC(O)/C(O)=C\N(CC(C)C)c1cccc(-c2ccc(F)nc2)c1. The van der Waals surface area contributed by atoms with E-state index in [0.29, 0.717) is 18.9 Å². The van der Waals surface area contributed by atoms with Crippen molar-refractivity contribution in [2.75, 3.05) is 11.4 Å². The lowest BCUT2D eigenvalue weighted by atomic mass is 10.1. The zero-order valence-corrected chi connectivity index (χ0v) is 14.9. The molecule has 0 saturated heterocycles. The van der Waals surface area contributed by atoms with E-state index in [1.807, 2.05) is 36.1 Å². The molecule has 0 spiro atoms. The van der Waals surface area contributed by atoms with Crippen LogP contribution < -0.4 is 4.90 Å². The van der Waals surface area contributed by atoms with Gasteiger partial charge in [-0.1, -0.05) is 32.9 Å². The van der Waals surface area contributed by atoms with Gasteiger partial charge in [0.25, 0.3) is 0 Å². The Labute approximate surface area is 148 Å². The second-order valence-electron chi connectivity index (χ2n) is 6.44. The minimum absolute atomic E-state index is 0.0583. The van der Waals surface area contributed by atoms with Crippen LogP contribution in [0.5, 0.6) is 0 Å². The number of aromatic nitrogens is 1. The molecule has 1 atom stereocenters. The van der Waals surface area contributed by atoms with Crippen molar-refractivity contribution in [2.45, 2.75) is 33.3 Å². The third kappa shape index (κ3) is 5.29. The molecule has 2 rings (SSSR count). The molecule has 4 nitrogen and oxygen atoms in total. The number of hydrogen-bond donors (Lipinski definition) is 2.